The largest absolute Gasteiger partial charge is 0.465 e. The van der Waals surface area contributed by atoms with E-state index in [1.165, 1.54) is 0 Å². The van der Waals surface area contributed by atoms with Crippen LogP contribution in [0.5, 0.6) is 0 Å². The molecule has 5 nitrogen and oxygen atoms in total. The van der Waals surface area contributed by atoms with Gasteiger partial charge in [0.2, 0.25) is 0 Å². The number of hydrogen-bond acceptors (Lipinski definition) is 4. The Morgan fingerprint density at radius 3 is 2.48 bits per heavy atom. The molecule has 0 saturated heterocycles. The molecule has 0 radical (unpaired) electrons. The molecule has 2 rings (SSSR count). The Balaban J connectivity index is 2.47. The molecular weight excluding hydrogens is 282 g/mol. The van der Waals surface area contributed by atoms with Gasteiger partial charge in [-0.15, -0.1) is 5.10 Å². The van der Waals surface area contributed by atoms with Crippen molar-refractivity contribution in [2.45, 2.75) is 33.1 Å². The van der Waals surface area contributed by atoms with Gasteiger partial charge in [0, 0.05) is 5.56 Å². The summed E-state index contributed by atoms with van der Waals surface area (Å²) in [7, 11) is -1.66. The van der Waals surface area contributed by atoms with Crippen LogP contribution in [0.3, 0.4) is 0 Å². The van der Waals surface area contributed by atoms with Gasteiger partial charge < -0.3 is 4.74 Å². The highest BCUT2D eigenvalue weighted by Gasteiger charge is 2.27. The number of rotatable bonds is 5. The van der Waals surface area contributed by atoms with Crippen molar-refractivity contribution in [3.05, 3.63) is 30.3 Å². The van der Waals surface area contributed by atoms with Gasteiger partial charge in [-0.05, 0) is 6.92 Å². The van der Waals surface area contributed by atoms with Gasteiger partial charge in [0.15, 0.2) is 0 Å². The maximum Gasteiger partial charge on any atom is 0.327 e. The number of carbonyl (C=O) groups is 1. The summed E-state index contributed by atoms with van der Waals surface area (Å²) in [5, 5.41) is 9.54. The zero-order valence-electron chi connectivity index (χ0n) is 13.0. The lowest BCUT2D eigenvalue weighted by Crippen LogP contribution is -2.40. The van der Waals surface area contributed by atoms with Crippen molar-refractivity contribution in [3.63, 3.8) is 0 Å². The molecular formula is C15H21N3O2Si. The van der Waals surface area contributed by atoms with Crippen molar-refractivity contribution in [2.75, 3.05) is 6.61 Å². The Hall–Kier alpha value is -1.95. The second-order valence-corrected chi connectivity index (χ2v) is 10.8. The van der Waals surface area contributed by atoms with E-state index in [1.807, 2.05) is 30.3 Å². The van der Waals surface area contributed by atoms with E-state index in [9.17, 15) is 4.79 Å². The molecule has 0 amide bonds. The first-order chi connectivity index (χ1) is 9.93. The normalized spacial score (nSPS) is 11.4. The lowest BCUT2D eigenvalue weighted by Gasteiger charge is -2.15. The lowest BCUT2D eigenvalue weighted by atomic mass is 10.2. The summed E-state index contributed by atoms with van der Waals surface area (Å²) in [6.45, 7) is 8.92. The standard InChI is InChI=1S/C15H21N3O2Si/c1-5-20-13(19)11-18-14(12-9-7-6-8-10-12)15(16-17-18)21(2,3)4/h6-10H,5,11H2,1-4H3. The van der Waals surface area contributed by atoms with E-state index in [4.69, 9.17) is 4.74 Å². The third-order valence-corrected chi connectivity index (χ3v) is 4.83. The van der Waals surface area contributed by atoms with Gasteiger partial charge in [0.05, 0.1) is 17.6 Å². The van der Waals surface area contributed by atoms with Gasteiger partial charge >= 0.3 is 5.97 Å². The molecule has 1 heterocycles. The second kappa shape index (κ2) is 6.22. The SMILES string of the molecule is CCOC(=O)Cn1nnc([Si](C)(C)C)c1-c1ccccc1. The van der Waals surface area contributed by atoms with Gasteiger partial charge in [-0.1, -0.05) is 55.2 Å². The highest BCUT2D eigenvalue weighted by atomic mass is 28.3. The molecule has 0 unspecified atom stereocenters. The van der Waals surface area contributed by atoms with Crippen LogP contribution in [0.15, 0.2) is 30.3 Å². The summed E-state index contributed by atoms with van der Waals surface area (Å²) in [4.78, 5) is 11.8. The summed E-state index contributed by atoms with van der Waals surface area (Å²) >= 11 is 0. The highest BCUT2D eigenvalue weighted by Crippen LogP contribution is 2.19. The zero-order chi connectivity index (χ0) is 15.5. The third-order valence-electron chi connectivity index (χ3n) is 3.08. The van der Waals surface area contributed by atoms with Gasteiger partial charge in [-0.2, -0.15) is 0 Å². The van der Waals surface area contributed by atoms with Crippen molar-refractivity contribution in [2.24, 2.45) is 0 Å². The minimum absolute atomic E-state index is 0.0928. The highest BCUT2D eigenvalue weighted by molar-refractivity contribution is 6.89. The summed E-state index contributed by atoms with van der Waals surface area (Å²) < 4.78 is 6.67. The third kappa shape index (κ3) is 3.58. The molecule has 0 aliphatic rings. The number of esters is 1. The smallest absolute Gasteiger partial charge is 0.327 e. The van der Waals surface area contributed by atoms with E-state index in [1.54, 1.807) is 11.6 Å². The van der Waals surface area contributed by atoms with E-state index in [-0.39, 0.29) is 12.5 Å². The number of aromatic nitrogens is 3. The number of ether oxygens (including phenoxy) is 1. The molecule has 21 heavy (non-hydrogen) atoms. The summed E-state index contributed by atoms with van der Waals surface area (Å²) in [6, 6.07) is 9.96. The molecule has 0 N–H and O–H groups in total. The first-order valence-corrected chi connectivity index (χ1v) is 10.6. The Kier molecular flexibility index (Phi) is 4.57. The first-order valence-electron chi connectivity index (χ1n) is 7.08. The quantitative estimate of drug-likeness (QED) is 0.626. The Bertz CT molecular complexity index is 618. The first kappa shape index (κ1) is 15.4. The van der Waals surface area contributed by atoms with Gasteiger partial charge in [-0.3, -0.25) is 4.79 Å². The van der Waals surface area contributed by atoms with Gasteiger partial charge in [0.25, 0.3) is 0 Å². The molecule has 6 heteroatoms. The van der Waals surface area contributed by atoms with Crippen molar-refractivity contribution in [1.82, 2.24) is 15.0 Å². The van der Waals surface area contributed by atoms with Crippen LogP contribution in [0.25, 0.3) is 11.3 Å². The van der Waals surface area contributed by atoms with Crippen LogP contribution in [0.4, 0.5) is 0 Å². The van der Waals surface area contributed by atoms with Crippen LogP contribution < -0.4 is 5.32 Å². The van der Waals surface area contributed by atoms with E-state index in [0.717, 1.165) is 16.6 Å². The van der Waals surface area contributed by atoms with E-state index in [2.05, 4.69) is 30.0 Å². The summed E-state index contributed by atoms with van der Waals surface area (Å²) in [6.07, 6.45) is 0. The fraction of sp³-hybridized carbons (Fsp3) is 0.400. The molecule has 0 aliphatic heterocycles. The molecule has 1 aromatic heterocycles. The Morgan fingerprint density at radius 1 is 1.24 bits per heavy atom. The van der Waals surface area contributed by atoms with E-state index in [0.29, 0.717) is 6.61 Å². The molecule has 112 valence electrons. The average Bonchev–Trinajstić information content (AvgIpc) is 2.83. The fourth-order valence-corrected chi connectivity index (χ4v) is 3.47. The minimum Gasteiger partial charge on any atom is -0.465 e. The van der Waals surface area contributed by atoms with Crippen LogP contribution in [0.2, 0.25) is 19.6 Å². The molecule has 0 bridgehead atoms. The van der Waals surface area contributed by atoms with Gasteiger partial charge in [0.1, 0.15) is 14.6 Å². The predicted molar refractivity (Wildman–Crippen MR) is 85.1 cm³/mol. The fourth-order valence-electron chi connectivity index (χ4n) is 2.14. The topological polar surface area (TPSA) is 57.0 Å². The molecule has 0 saturated carbocycles. The lowest BCUT2D eigenvalue weighted by molar-refractivity contribution is -0.144. The number of nitrogens with zero attached hydrogens (tertiary/aromatic N) is 3. The summed E-state index contributed by atoms with van der Waals surface area (Å²) in [5.41, 5.74) is 1.96. The maximum absolute atomic E-state index is 11.8. The zero-order valence-corrected chi connectivity index (χ0v) is 14.0. The Morgan fingerprint density at radius 2 is 1.90 bits per heavy atom. The van der Waals surface area contributed by atoms with E-state index < -0.39 is 8.07 Å². The molecule has 0 aliphatic carbocycles. The second-order valence-electron chi connectivity index (χ2n) is 5.87. The van der Waals surface area contributed by atoms with E-state index >= 15 is 0 Å². The van der Waals surface area contributed by atoms with Crippen LogP contribution in [-0.4, -0.2) is 35.6 Å². The van der Waals surface area contributed by atoms with Crippen molar-refractivity contribution < 1.29 is 9.53 Å². The molecule has 0 fully saturated rings. The molecule has 2 aromatic rings. The molecule has 0 spiro atoms. The van der Waals surface area contributed by atoms with Crippen molar-refractivity contribution in [1.29, 1.82) is 0 Å². The van der Waals surface area contributed by atoms with Crippen LogP contribution >= 0.6 is 0 Å². The molecule has 0 atom stereocenters. The van der Waals surface area contributed by atoms with Crippen LogP contribution in [0, 0.1) is 0 Å². The molecule has 1 aromatic carbocycles. The number of benzene rings is 1. The predicted octanol–water partition coefficient (Wildman–Crippen LogP) is 2.05. The number of hydrogen-bond donors (Lipinski definition) is 0. The van der Waals surface area contributed by atoms with Gasteiger partial charge in [-0.25, -0.2) is 4.68 Å². The Labute approximate surface area is 125 Å². The maximum atomic E-state index is 11.8. The summed E-state index contributed by atoms with van der Waals surface area (Å²) in [5.74, 6) is -0.290. The van der Waals surface area contributed by atoms with Crippen LogP contribution in [-0.2, 0) is 16.1 Å². The monoisotopic (exact) mass is 303 g/mol. The average molecular weight is 303 g/mol. The van der Waals surface area contributed by atoms with Crippen molar-refractivity contribution >= 4 is 19.4 Å². The van der Waals surface area contributed by atoms with Crippen molar-refractivity contribution in [3.8, 4) is 11.3 Å². The van der Waals surface area contributed by atoms with Crippen LogP contribution in [0.1, 0.15) is 6.92 Å². The number of carbonyl (C=O) groups excluding carboxylic acids is 1. The minimum atomic E-state index is -1.66.